The van der Waals surface area contributed by atoms with Crippen LogP contribution in [-0.2, 0) is 6.54 Å². The maximum atomic E-state index is 11.3. The second kappa shape index (κ2) is 5.09. The third kappa shape index (κ3) is 2.32. The van der Waals surface area contributed by atoms with Crippen LogP contribution >= 0.6 is 15.9 Å². The average Bonchev–Trinajstić information content (AvgIpc) is 2.78. The highest BCUT2D eigenvalue weighted by Crippen LogP contribution is 2.20. The molecule has 4 nitrogen and oxygen atoms in total. The third-order valence-electron chi connectivity index (χ3n) is 3.08. The first kappa shape index (κ1) is 12.9. The molecule has 5 heteroatoms. The molecule has 100 valence electrons. The number of rotatable bonds is 3. The number of hydrogen-bond donors (Lipinski definition) is 1. The van der Waals surface area contributed by atoms with Crippen LogP contribution < -0.4 is 0 Å². The Morgan fingerprint density at radius 1 is 1.20 bits per heavy atom. The van der Waals surface area contributed by atoms with Crippen LogP contribution in [0.15, 0.2) is 53.0 Å². The molecule has 0 aliphatic rings. The number of para-hydroxylation sites is 1. The summed E-state index contributed by atoms with van der Waals surface area (Å²) in [6, 6.07) is 15.2. The molecule has 0 amide bonds. The Balaban J connectivity index is 2.10. The van der Waals surface area contributed by atoms with Crippen molar-refractivity contribution in [3.63, 3.8) is 0 Å². The Kier molecular flexibility index (Phi) is 3.28. The van der Waals surface area contributed by atoms with E-state index in [4.69, 9.17) is 0 Å². The van der Waals surface area contributed by atoms with Crippen molar-refractivity contribution in [1.82, 2.24) is 9.78 Å². The molecular formula is C15H11BrN2O2. The predicted octanol–water partition coefficient (Wildman–Crippen LogP) is 3.55. The number of nitrogens with zero attached hydrogens (tertiary/aromatic N) is 2. The first-order valence-corrected chi connectivity index (χ1v) is 6.88. The Morgan fingerprint density at radius 2 is 2.00 bits per heavy atom. The molecule has 0 aliphatic heterocycles. The van der Waals surface area contributed by atoms with Crippen LogP contribution in [0, 0.1) is 0 Å². The minimum absolute atomic E-state index is 0.0931. The fourth-order valence-electron chi connectivity index (χ4n) is 2.21. The molecule has 0 saturated heterocycles. The molecule has 0 radical (unpaired) electrons. The fourth-order valence-corrected chi connectivity index (χ4v) is 2.66. The Morgan fingerprint density at radius 3 is 2.75 bits per heavy atom. The van der Waals surface area contributed by atoms with E-state index in [0.717, 1.165) is 15.6 Å². The van der Waals surface area contributed by atoms with Crippen molar-refractivity contribution in [2.75, 3.05) is 0 Å². The predicted molar refractivity (Wildman–Crippen MR) is 79.9 cm³/mol. The van der Waals surface area contributed by atoms with Crippen LogP contribution in [0.5, 0.6) is 0 Å². The van der Waals surface area contributed by atoms with Crippen LogP contribution in [0.1, 0.15) is 16.1 Å². The first-order valence-electron chi connectivity index (χ1n) is 6.08. The molecule has 0 bridgehead atoms. The topological polar surface area (TPSA) is 55.1 Å². The average molecular weight is 331 g/mol. The summed E-state index contributed by atoms with van der Waals surface area (Å²) in [7, 11) is 0. The van der Waals surface area contributed by atoms with Crippen molar-refractivity contribution in [2.45, 2.75) is 6.54 Å². The van der Waals surface area contributed by atoms with E-state index in [1.807, 2.05) is 42.5 Å². The molecule has 0 atom stereocenters. The maximum Gasteiger partial charge on any atom is 0.357 e. The van der Waals surface area contributed by atoms with Crippen LogP contribution in [0.2, 0.25) is 0 Å². The SMILES string of the molecule is O=C(O)c1nn(Cc2cccc(Br)c2)c2ccccc12. The number of hydrogen-bond acceptors (Lipinski definition) is 2. The number of aromatic carboxylic acids is 1. The van der Waals surface area contributed by atoms with Gasteiger partial charge >= 0.3 is 5.97 Å². The van der Waals surface area contributed by atoms with Crippen molar-refractivity contribution in [2.24, 2.45) is 0 Å². The lowest BCUT2D eigenvalue weighted by Gasteiger charge is -2.04. The lowest BCUT2D eigenvalue weighted by Crippen LogP contribution is -2.04. The third-order valence-corrected chi connectivity index (χ3v) is 3.58. The van der Waals surface area contributed by atoms with Crippen LogP contribution in [0.4, 0.5) is 0 Å². The quantitative estimate of drug-likeness (QED) is 0.799. The number of aromatic nitrogens is 2. The number of benzene rings is 2. The number of halogens is 1. The molecule has 2 aromatic carbocycles. The standard InChI is InChI=1S/C15H11BrN2O2/c16-11-5-3-4-10(8-11)9-18-13-7-2-1-6-12(13)14(17-18)15(19)20/h1-8H,9H2,(H,19,20). The van der Waals surface area contributed by atoms with E-state index in [1.165, 1.54) is 0 Å². The second-order valence-corrected chi connectivity index (χ2v) is 5.37. The zero-order valence-corrected chi connectivity index (χ0v) is 12.0. The minimum atomic E-state index is -1.01. The molecule has 1 heterocycles. The fraction of sp³-hybridized carbons (Fsp3) is 0.0667. The molecular weight excluding hydrogens is 320 g/mol. The summed E-state index contributed by atoms with van der Waals surface area (Å²) in [6.07, 6.45) is 0. The number of fused-ring (bicyclic) bond motifs is 1. The molecule has 0 unspecified atom stereocenters. The largest absolute Gasteiger partial charge is 0.476 e. The monoisotopic (exact) mass is 330 g/mol. The Labute approximate surface area is 123 Å². The number of carboxylic acids is 1. The molecule has 0 aliphatic carbocycles. The van der Waals surface area contributed by atoms with Gasteiger partial charge in [-0.2, -0.15) is 5.10 Å². The lowest BCUT2D eigenvalue weighted by atomic mass is 10.2. The molecule has 3 aromatic rings. The Bertz CT molecular complexity index is 795. The van der Waals surface area contributed by atoms with Crippen LogP contribution in [0.3, 0.4) is 0 Å². The van der Waals surface area contributed by atoms with Gasteiger partial charge in [-0.1, -0.05) is 46.3 Å². The van der Waals surface area contributed by atoms with Gasteiger partial charge in [0.1, 0.15) is 0 Å². The van der Waals surface area contributed by atoms with Gasteiger partial charge in [-0.15, -0.1) is 0 Å². The summed E-state index contributed by atoms with van der Waals surface area (Å²) >= 11 is 3.43. The molecule has 1 N–H and O–H groups in total. The highest BCUT2D eigenvalue weighted by atomic mass is 79.9. The van der Waals surface area contributed by atoms with Gasteiger partial charge < -0.3 is 5.11 Å². The van der Waals surface area contributed by atoms with Gasteiger partial charge in [0.2, 0.25) is 0 Å². The van der Waals surface area contributed by atoms with Gasteiger partial charge in [-0.25, -0.2) is 4.79 Å². The van der Waals surface area contributed by atoms with Crippen molar-refractivity contribution in [1.29, 1.82) is 0 Å². The molecule has 20 heavy (non-hydrogen) atoms. The van der Waals surface area contributed by atoms with Gasteiger partial charge in [-0.05, 0) is 23.8 Å². The van der Waals surface area contributed by atoms with Gasteiger partial charge in [0.05, 0.1) is 12.1 Å². The highest BCUT2D eigenvalue weighted by molar-refractivity contribution is 9.10. The van der Waals surface area contributed by atoms with E-state index in [-0.39, 0.29) is 5.69 Å². The number of carboxylic acid groups (broad SMARTS) is 1. The summed E-state index contributed by atoms with van der Waals surface area (Å²) in [5, 5.41) is 14.1. The molecule has 3 rings (SSSR count). The molecule has 0 saturated carbocycles. The second-order valence-electron chi connectivity index (χ2n) is 4.46. The molecule has 0 spiro atoms. The van der Waals surface area contributed by atoms with E-state index in [0.29, 0.717) is 11.9 Å². The summed E-state index contributed by atoms with van der Waals surface area (Å²) in [4.78, 5) is 11.3. The normalized spacial score (nSPS) is 10.8. The summed E-state index contributed by atoms with van der Waals surface area (Å²) in [6.45, 7) is 0.535. The van der Waals surface area contributed by atoms with Crippen molar-refractivity contribution in [3.05, 3.63) is 64.3 Å². The molecule has 0 fully saturated rings. The zero-order chi connectivity index (χ0) is 14.1. The first-order chi connectivity index (χ1) is 9.65. The van der Waals surface area contributed by atoms with Gasteiger partial charge in [-0.3, -0.25) is 4.68 Å². The van der Waals surface area contributed by atoms with Crippen molar-refractivity contribution >= 4 is 32.8 Å². The van der Waals surface area contributed by atoms with Gasteiger partial charge in [0.15, 0.2) is 5.69 Å². The lowest BCUT2D eigenvalue weighted by molar-refractivity contribution is 0.0691. The van der Waals surface area contributed by atoms with E-state index >= 15 is 0 Å². The summed E-state index contributed by atoms with van der Waals surface area (Å²) in [5.41, 5.74) is 1.98. The highest BCUT2D eigenvalue weighted by Gasteiger charge is 2.15. The Hall–Kier alpha value is -2.14. The minimum Gasteiger partial charge on any atom is -0.476 e. The van der Waals surface area contributed by atoms with Crippen LogP contribution in [0.25, 0.3) is 10.9 Å². The van der Waals surface area contributed by atoms with E-state index in [9.17, 15) is 9.90 Å². The summed E-state index contributed by atoms with van der Waals surface area (Å²) < 4.78 is 2.71. The van der Waals surface area contributed by atoms with Crippen molar-refractivity contribution < 1.29 is 9.90 Å². The van der Waals surface area contributed by atoms with E-state index < -0.39 is 5.97 Å². The van der Waals surface area contributed by atoms with E-state index in [1.54, 1.807) is 10.7 Å². The summed E-state index contributed by atoms with van der Waals surface area (Å²) in [5.74, 6) is -1.01. The smallest absolute Gasteiger partial charge is 0.357 e. The van der Waals surface area contributed by atoms with Gasteiger partial charge in [0, 0.05) is 9.86 Å². The molecule has 1 aromatic heterocycles. The van der Waals surface area contributed by atoms with Crippen LogP contribution in [-0.4, -0.2) is 20.9 Å². The number of carbonyl (C=O) groups is 1. The van der Waals surface area contributed by atoms with Gasteiger partial charge in [0.25, 0.3) is 0 Å². The van der Waals surface area contributed by atoms with Crippen molar-refractivity contribution in [3.8, 4) is 0 Å². The zero-order valence-electron chi connectivity index (χ0n) is 10.5. The maximum absolute atomic E-state index is 11.3. The van der Waals surface area contributed by atoms with E-state index in [2.05, 4.69) is 21.0 Å².